The summed E-state index contributed by atoms with van der Waals surface area (Å²) in [5.41, 5.74) is 7.27. The molecule has 1 aromatic heterocycles. The van der Waals surface area contributed by atoms with E-state index in [1.807, 2.05) is 6.07 Å². The number of nitrogen functional groups attached to an aromatic ring is 1. The van der Waals surface area contributed by atoms with Gasteiger partial charge in [0.2, 0.25) is 0 Å². The van der Waals surface area contributed by atoms with Gasteiger partial charge < -0.3 is 10.3 Å². The van der Waals surface area contributed by atoms with E-state index in [1.165, 1.54) is 6.07 Å². The Labute approximate surface area is 126 Å². The van der Waals surface area contributed by atoms with E-state index in [2.05, 4.69) is 32.4 Å². The summed E-state index contributed by atoms with van der Waals surface area (Å²) in [6, 6.07) is 4.99. The van der Waals surface area contributed by atoms with E-state index in [0.717, 1.165) is 31.6 Å². The SMILES string of the molecule is CCCn1c(C2CC2)nc(-c2ccc(Br)cc2F)c1N. The molecule has 1 aliphatic carbocycles. The van der Waals surface area contributed by atoms with Crippen molar-refractivity contribution >= 4 is 21.7 Å². The minimum Gasteiger partial charge on any atom is -0.383 e. The molecule has 0 aliphatic heterocycles. The van der Waals surface area contributed by atoms with Crippen LogP contribution in [0.25, 0.3) is 11.3 Å². The molecule has 0 bridgehead atoms. The highest BCUT2D eigenvalue weighted by atomic mass is 79.9. The van der Waals surface area contributed by atoms with Gasteiger partial charge in [-0.15, -0.1) is 0 Å². The van der Waals surface area contributed by atoms with E-state index < -0.39 is 0 Å². The van der Waals surface area contributed by atoms with Crippen molar-refractivity contribution in [3.63, 3.8) is 0 Å². The third-order valence-electron chi connectivity index (χ3n) is 3.61. The highest BCUT2D eigenvalue weighted by molar-refractivity contribution is 9.10. The number of imidazole rings is 1. The number of benzene rings is 1. The molecule has 20 heavy (non-hydrogen) atoms. The van der Waals surface area contributed by atoms with Crippen LogP contribution in [0.4, 0.5) is 10.2 Å². The van der Waals surface area contributed by atoms with Crippen molar-refractivity contribution in [3.8, 4) is 11.3 Å². The predicted octanol–water partition coefficient (Wildman–Crippen LogP) is 4.32. The van der Waals surface area contributed by atoms with Crippen LogP contribution in [0.5, 0.6) is 0 Å². The molecule has 2 aromatic rings. The Morgan fingerprint density at radius 2 is 2.20 bits per heavy atom. The summed E-state index contributed by atoms with van der Waals surface area (Å²) in [5.74, 6) is 1.79. The van der Waals surface area contributed by atoms with Gasteiger partial charge >= 0.3 is 0 Å². The first-order chi connectivity index (χ1) is 9.61. The standard InChI is InChI=1S/C15H17BrFN3/c1-2-7-20-14(18)13(19-15(20)9-3-4-9)11-6-5-10(16)8-12(11)17/h5-6,8-9H,2-4,7,18H2,1H3. The van der Waals surface area contributed by atoms with Gasteiger partial charge in [0, 0.05) is 22.5 Å². The van der Waals surface area contributed by atoms with Crippen molar-refractivity contribution < 1.29 is 4.39 Å². The van der Waals surface area contributed by atoms with Gasteiger partial charge in [-0.3, -0.25) is 0 Å². The smallest absolute Gasteiger partial charge is 0.133 e. The number of rotatable bonds is 4. The summed E-state index contributed by atoms with van der Waals surface area (Å²) in [4.78, 5) is 4.63. The molecule has 0 unspecified atom stereocenters. The van der Waals surface area contributed by atoms with E-state index in [-0.39, 0.29) is 5.82 Å². The van der Waals surface area contributed by atoms with Gasteiger partial charge in [-0.05, 0) is 37.5 Å². The summed E-state index contributed by atoms with van der Waals surface area (Å²) in [5, 5.41) is 0. The first-order valence-corrected chi connectivity index (χ1v) is 7.72. The third kappa shape index (κ3) is 2.35. The molecule has 1 saturated carbocycles. The lowest BCUT2D eigenvalue weighted by Crippen LogP contribution is -2.06. The summed E-state index contributed by atoms with van der Waals surface area (Å²) in [6.07, 6.45) is 3.30. The van der Waals surface area contributed by atoms with Gasteiger partial charge in [0.1, 0.15) is 23.2 Å². The van der Waals surface area contributed by atoms with Crippen LogP contribution >= 0.6 is 15.9 Å². The van der Waals surface area contributed by atoms with Crippen molar-refractivity contribution in [1.82, 2.24) is 9.55 Å². The first-order valence-electron chi connectivity index (χ1n) is 6.93. The molecule has 1 fully saturated rings. The molecule has 3 rings (SSSR count). The van der Waals surface area contributed by atoms with E-state index in [9.17, 15) is 4.39 Å². The second-order valence-corrected chi connectivity index (χ2v) is 6.17. The number of aromatic nitrogens is 2. The third-order valence-corrected chi connectivity index (χ3v) is 4.11. The molecule has 0 saturated heterocycles. The van der Waals surface area contributed by atoms with Crippen molar-refractivity contribution in [2.75, 3.05) is 5.73 Å². The minimum absolute atomic E-state index is 0.297. The molecule has 106 valence electrons. The average Bonchev–Trinajstić information content (AvgIpc) is 3.19. The average molecular weight is 338 g/mol. The Bertz CT molecular complexity index is 647. The van der Waals surface area contributed by atoms with E-state index in [1.54, 1.807) is 6.07 Å². The first kappa shape index (κ1) is 13.6. The van der Waals surface area contributed by atoms with Crippen molar-refractivity contribution in [2.24, 2.45) is 0 Å². The zero-order chi connectivity index (χ0) is 14.3. The Morgan fingerprint density at radius 1 is 1.45 bits per heavy atom. The molecule has 0 radical (unpaired) electrons. The topological polar surface area (TPSA) is 43.8 Å². The molecule has 3 nitrogen and oxygen atoms in total. The Balaban J connectivity index is 2.11. The van der Waals surface area contributed by atoms with Crippen molar-refractivity contribution in [2.45, 2.75) is 38.6 Å². The fraction of sp³-hybridized carbons (Fsp3) is 0.400. The van der Waals surface area contributed by atoms with Gasteiger partial charge in [0.05, 0.1) is 0 Å². The predicted molar refractivity (Wildman–Crippen MR) is 82.0 cm³/mol. The largest absolute Gasteiger partial charge is 0.383 e. The van der Waals surface area contributed by atoms with Crippen LogP contribution in [0, 0.1) is 5.82 Å². The maximum absolute atomic E-state index is 14.1. The Morgan fingerprint density at radius 3 is 2.80 bits per heavy atom. The fourth-order valence-electron chi connectivity index (χ4n) is 2.47. The lowest BCUT2D eigenvalue weighted by atomic mass is 10.1. The maximum atomic E-state index is 14.1. The fourth-order valence-corrected chi connectivity index (χ4v) is 2.81. The van der Waals surface area contributed by atoms with Gasteiger partial charge in [0.25, 0.3) is 0 Å². The molecule has 1 aliphatic rings. The Hall–Kier alpha value is -1.36. The van der Waals surface area contributed by atoms with E-state index in [4.69, 9.17) is 5.73 Å². The Kier molecular flexibility index (Phi) is 3.54. The lowest BCUT2D eigenvalue weighted by molar-refractivity contribution is 0.630. The zero-order valence-electron chi connectivity index (χ0n) is 11.4. The molecule has 0 atom stereocenters. The minimum atomic E-state index is -0.297. The van der Waals surface area contributed by atoms with Gasteiger partial charge in [-0.1, -0.05) is 22.9 Å². The van der Waals surface area contributed by atoms with Crippen LogP contribution in [-0.2, 0) is 6.54 Å². The normalized spacial score (nSPS) is 14.8. The molecule has 1 aromatic carbocycles. The second-order valence-electron chi connectivity index (χ2n) is 5.25. The highest BCUT2D eigenvalue weighted by Gasteiger charge is 2.31. The van der Waals surface area contributed by atoms with Gasteiger partial charge in [0.15, 0.2) is 0 Å². The van der Waals surface area contributed by atoms with Crippen molar-refractivity contribution in [3.05, 3.63) is 34.3 Å². The van der Waals surface area contributed by atoms with Crippen LogP contribution in [0.1, 0.15) is 37.9 Å². The number of hydrogen-bond donors (Lipinski definition) is 1. The molecule has 0 spiro atoms. The number of nitrogens with two attached hydrogens (primary N) is 1. The van der Waals surface area contributed by atoms with Crippen LogP contribution < -0.4 is 5.73 Å². The van der Waals surface area contributed by atoms with Gasteiger partial charge in [-0.25, -0.2) is 9.37 Å². The molecule has 5 heteroatoms. The summed E-state index contributed by atoms with van der Waals surface area (Å²) in [7, 11) is 0. The molecule has 1 heterocycles. The van der Waals surface area contributed by atoms with Crippen LogP contribution in [0.3, 0.4) is 0 Å². The van der Waals surface area contributed by atoms with Gasteiger partial charge in [-0.2, -0.15) is 0 Å². The molecule has 2 N–H and O–H groups in total. The van der Waals surface area contributed by atoms with Crippen LogP contribution in [0.15, 0.2) is 22.7 Å². The maximum Gasteiger partial charge on any atom is 0.133 e. The van der Waals surface area contributed by atoms with Crippen LogP contribution in [-0.4, -0.2) is 9.55 Å². The molecule has 0 amide bonds. The summed E-state index contributed by atoms with van der Waals surface area (Å²) < 4.78 is 16.9. The number of halogens is 2. The zero-order valence-corrected chi connectivity index (χ0v) is 13.0. The quantitative estimate of drug-likeness (QED) is 0.902. The summed E-state index contributed by atoms with van der Waals surface area (Å²) in [6.45, 7) is 2.94. The number of anilines is 1. The van der Waals surface area contributed by atoms with E-state index in [0.29, 0.717) is 27.5 Å². The van der Waals surface area contributed by atoms with E-state index >= 15 is 0 Å². The second kappa shape index (κ2) is 5.20. The van der Waals surface area contributed by atoms with Crippen LogP contribution in [0.2, 0.25) is 0 Å². The lowest BCUT2D eigenvalue weighted by Gasteiger charge is -2.07. The number of nitrogens with zero attached hydrogens (tertiary/aromatic N) is 2. The monoisotopic (exact) mass is 337 g/mol. The molecular formula is C15H17BrFN3. The molecular weight excluding hydrogens is 321 g/mol. The summed E-state index contributed by atoms with van der Waals surface area (Å²) >= 11 is 3.27. The van der Waals surface area contributed by atoms with Crippen molar-refractivity contribution in [1.29, 1.82) is 0 Å². The number of hydrogen-bond acceptors (Lipinski definition) is 2. The highest BCUT2D eigenvalue weighted by Crippen LogP contribution is 2.42.